The van der Waals surface area contributed by atoms with E-state index in [0.29, 0.717) is 0 Å². The Morgan fingerprint density at radius 2 is 1.67 bits per heavy atom. The normalized spacial score (nSPS) is 11.9. The van der Waals surface area contributed by atoms with Crippen LogP contribution >= 0.6 is 0 Å². The molecule has 0 N–H and O–H groups in total. The molecule has 0 rings (SSSR count). The predicted octanol–water partition coefficient (Wildman–Crippen LogP) is 4.39. The minimum absolute atomic E-state index is 0.0428. The van der Waals surface area contributed by atoms with Gasteiger partial charge in [0.05, 0.1) is 0 Å². The van der Waals surface area contributed by atoms with Crippen molar-refractivity contribution in [2.24, 2.45) is 0 Å². The standard InChI is InChI=1S/C14H26O4/c1-8-9-10-14(6,7)18-12(15)16-11(2)17-13(3,4)5/h2,8-10H2,1,3-7H3. The highest BCUT2D eigenvalue weighted by Crippen LogP contribution is 2.20. The van der Waals surface area contributed by atoms with Gasteiger partial charge in [-0.05, 0) is 54.0 Å². The molecule has 0 aliphatic heterocycles. The lowest BCUT2D eigenvalue weighted by atomic mass is 10.0. The molecule has 4 heteroatoms. The number of carbonyl (C=O) groups excluding carboxylic acids is 1. The zero-order chi connectivity index (χ0) is 14.4. The van der Waals surface area contributed by atoms with Crippen LogP contribution < -0.4 is 0 Å². The van der Waals surface area contributed by atoms with Gasteiger partial charge in [0.25, 0.3) is 5.95 Å². The molecule has 4 nitrogen and oxygen atoms in total. The molecular formula is C14H26O4. The van der Waals surface area contributed by atoms with Crippen molar-refractivity contribution in [2.75, 3.05) is 0 Å². The summed E-state index contributed by atoms with van der Waals surface area (Å²) in [4.78, 5) is 11.5. The monoisotopic (exact) mass is 258 g/mol. The van der Waals surface area contributed by atoms with E-state index >= 15 is 0 Å². The van der Waals surface area contributed by atoms with Crippen molar-refractivity contribution in [3.63, 3.8) is 0 Å². The van der Waals surface area contributed by atoms with Crippen LogP contribution in [-0.2, 0) is 14.2 Å². The Hall–Kier alpha value is -1.19. The van der Waals surface area contributed by atoms with Crippen molar-refractivity contribution in [3.8, 4) is 0 Å². The molecule has 0 aromatic rings. The van der Waals surface area contributed by atoms with E-state index in [1.165, 1.54) is 0 Å². The van der Waals surface area contributed by atoms with Gasteiger partial charge in [-0.25, -0.2) is 4.79 Å². The highest BCUT2D eigenvalue weighted by molar-refractivity contribution is 5.61. The molecule has 0 saturated carbocycles. The van der Waals surface area contributed by atoms with Crippen LogP contribution in [0.15, 0.2) is 12.5 Å². The van der Waals surface area contributed by atoms with Crippen LogP contribution in [0.25, 0.3) is 0 Å². The van der Waals surface area contributed by atoms with Gasteiger partial charge in [-0.15, -0.1) is 0 Å². The van der Waals surface area contributed by atoms with Crippen LogP contribution in [0.4, 0.5) is 4.79 Å². The fourth-order valence-electron chi connectivity index (χ4n) is 1.36. The minimum atomic E-state index is -0.773. The molecule has 0 spiro atoms. The van der Waals surface area contributed by atoms with Gasteiger partial charge in [0, 0.05) is 0 Å². The summed E-state index contributed by atoms with van der Waals surface area (Å²) in [6.45, 7) is 14.9. The number of ether oxygens (including phenoxy) is 3. The number of hydrogen-bond acceptors (Lipinski definition) is 4. The summed E-state index contributed by atoms with van der Waals surface area (Å²) in [5.41, 5.74) is -0.982. The van der Waals surface area contributed by atoms with E-state index in [-0.39, 0.29) is 5.95 Å². The number of unbranched alkanes of at least 4 members (excludes halogenated alkanes) is 1. The first-order chi connectivity index (χ1) is 8.06. The molecule has 0 aliphatic carbocycles. The first-order valence-corrected chi connectivity index (χ1v) is 6.34. The van der Waals surface area contributed by atoms with Crippen LogP contribution in [0.3, 0.4) is 0 Å². The number of carbonyl (C=O) groups is 1. The summed E-state index contributed by atoms with van der Waals surface area (Å²) in [6.07, 6.45) is 2.08. The quantitative estimate of drug-likeness (QED) is 0.523. The Kier molecular flexibility index (Phi) is 6.22. The number of rotatable bonds is 6. The second kappa shape index (κ2) is 6.66. The van der Waals surface area contributed by atoms with Gasteiger partial charge in [0.2, 0.25) is 0 Å². The van der Waals surface area contributed by atoms with Crippen molar-refractivity contribution in [3.05, 3.63) is 12.5 Å². The van der Waals surface area contributed by atoms with Gasteiger partial charge in [-0.2, -0.15) is 0 Å². The van der Waals surface area contributed by atoms with E-state index in [2.05, 4.69) is 13.5 Å². The Morgan fingerprint density at radius 1 is 1.11 bits per heavy atom. The van der Waals surface area contributed by atoms with Crippen LogP contribution in [0.2, 0.25) is 0 Å². The topological polar surface area (TPSA) is 44.8 Å². The fraction of sp³-hybridized carbons (Fsp3) is 0.786. The molecule has 106 valence electrons. The lowest BCUT2D eigenvalue weighted by Crippen LogP contribution is -2.29. The lowest BCUT2D eigenvalue weighted by molar-refractivity contribution is -0.0615. The van der Waals surface area contributed by atoms with Crippen LogP contribution in [0, 0.1) is 0 Å². The zero-order valence-corrected chi connectivity index (χ0v) is 12.5. The molecule has 0 unspecified atom stereocenters. The molecule has 18 heavy (non-hydrogen) atoms. The van der Waals surface area contributed by atoms with Gasteiger partial charge in [0.15, 0.2) is 0 Å². The molecule has 0 amide bonds. The van der Waals surface area contributed by atoms with Gasteiger partial charge in [-0.3, -0.25) is 0 Å². The third kappa shape index (κ3) is 8.90. The second-order valence-corrected chi connectivity index (χ2v) is 5.90. The summed E-state index contributed by atoms with van der Waals surface area (Å²) < 4.78 is 15.4. The Labute approximate surface area is 110 Å². The summed E-state index contributed by atoms with van der Waals surface area (Å²) in [5, 5.41) is 0. The molecule has 0 bridgehead atoms. The minimum Gasteiger partial charge on any atom is -0.460 e. The van der Waals surface area contributed by atoms with E-state index < -0.39 is 17.4 Å². The van der Waals surface area contributed by atoms with E-state index in [1.54, 1.807) is 0 Å². The maximum Gasteiger partial charge on any atom is 0.516 e. The van der Waals surface area contributed by atoms with Gasteiger partial charge < -0.3 is 14.2 Å². The summed E-state index contributed by atoms with van der Waals surface area (Å²) in [6, 6.07) is 0. The molecule has 0 fully saturated rings. The van der Waals surface area contributed by atoms with Gasteiger partial charge >= 0.3 is 6.16 Å². The molecule has 0 aromatic heterocycles. The van der Waals surface area contributed by atoms with Crippen LogP contribution in [0.5, 0.6) is 0 Å². The van der Waals surface area contributed by atoms with E-state index in [1.807, 2.05) is 34.6 Å². The highest BCUT2D eigenvalue weighted by Gasteiger charge is 2.24. The average Bonchev–Trinajstić information content (AvgIpc) is 2.09. The molecule has 0 aromatic carbocycles. The van der Waals surface area contributed by atoms with Gasteiger partial charge in [0.1, 0.15) is 11.2 Å². The maximum atomic E-state index is 11.5. The largest absolute Gasteiger partial charge is 0.516 e. The Balaban J connectivity index is 4.14. The van der Waals surface area contributed by atoms with E-state index in [4.69, 9.17) is 14.2 Å². The summed E-state index contributed by atoms with van der Waals surface area (Å²) in [7, 11) is 0. The van der Waals surface area contributed by atoms with Gasteiger partial charge in [-0.1, -0.05) is 13.3 Å². The highest BCUT2D eigenvalue weighted by atomic mass is 16.8. The second-order valence-electron chi connectivity index (χ2n) is 5.90. The molecule has 0 aliphatic rings. The van der Waals surface area contributed by atoms with Crippen molar-refractivity contribution >= 4 is 6.16 Å². The first kappa shape index (κ1) is 16.8. The van der Waals surface area contributed by atoms with Crippen molar-refractivity contribution in [1.82, 2.24) is 0 Å². The first-order valence-electron chi connectivity index (χ1n) is 6.34. The summed E-state index contributed by atoms with van der Waals surface area (Å²) >= 11 is 0. The lowest BCUT2D eigenvalue weighted by Gasteiger charge is -2.26. The van der Waals surface area contributed by atoms with Crippen molar-refractivity contribution in [1.29, 1.82) is 0 Å². The predicted molar refractivity (Wildman–Crippen MR) is 71.1 cm³/mol. The molecule has 0 radical (unpaired) electrons. The SMILES string of the molecule is C=C(OC(=O)OC(C)(C)CCCC)OC(C)(C)C. The molecular weight excluding hydrogens is 232 g/mol. The number of hydrogen-bond donors (Lipinski definition) is 0. The zero-order valence-electron chi connectivity index (χ0n) is 12.5. The molecule has 0 atom stereocenters. The Bertz CT molecular complexity index is 287. The average molecular weight is 258 g/mol. The fourth-order valence-corrected chi connectivity index (χ4v) is 1.36. The van der Waals surface area contributed by atoms with E-state index in [0.717, 1.165) is 19.3 Å². The van der Waals surface area contributed by atoms with E-state index in [9.17, 15) is 4.79 Å². The smallest absolute Gasteiger partial charge is 0.460 e. The molecule has 0 heterocycles. The van der Waals surface area contributed by atoms with Crippen molar-refractivity contribution in [2.45, 2.75) is 72.0 Å². The molecule has 0 saturated heterocycles. The maximum absolute atomic E-state index is 11.5. The third-order valence-electron chi connectivity index (χ3n) is 2.11. The van der Waals surface area contributed by atoms with Crippen LogP contribution in [-0.4, -0.2) is 17.4 Å². The summed E-state index contributed by atoms with van der Waals surface area (Å²) in [5.74, 6) is -0.0428. The van der Waals surface area contributed by atoms with Crippen LogP contribution in [0.1, 0.15) is 60.8 Å². The third-order valence-corrected chi connectivity index (χ3v) is 2.11. The van der Waals surface area contributed by atoms with Crippen molar-refractivity contribution < 1.29 is 19.0 Å². The Morgan fingerprint density at radius 3 is 2.11 bits per heavy atom.